The van der Waals surface area contributed by atoms with E-state index in [1.165, 1.54) is 0 Å². The SMILES string of the molecule is CCOC(=O)C1=C(c2ccccc2)OC(N)=C(C(=O)OCc2ccccc2)[C@]12C(=O)Nc1ccccc12. The van der Waals surface area contributed by atoms with Crippen LogP contribution in [-0.4, -0.2) is 24.5 Å². The van der Waals surface area contributed by atoms with Gasteiger partial charge >= 0.3 is 11.9 Å². The van der Waals surface area contributed by atoms with Crippen molar-refractivity contribution < 1.29 is 28.6 Å². The van der Waals surface area contributed by atoms with Gasteiger partial charge in [-0.3, -0.25) is 4.79 Å². The number of nitrogens with one attached hydrogen (secondary N) is 1. The van der Waals surface area contributed by atoms with Crippen LogP contribution < -0.4 is 11.1 Å². The van der Waals surface area contributed by atoms with Gasteiger partial charge in [0.05, 0.1) is 6.61 Å². The molecule has 0 saturated heterocycles. The molecule has 8 heteroatoms. The first-order valence-electron chi connectivity index (χ1n) is 11.8. The Hall–Kier alpha value is -4.85. The summed E-state index contributed by atoms with van der Waals surface area (Å²) in [4.78, 5) is 41.2. The summed E-state index contributed by atoms with van der Waals surface area (Å²) in [5.41, 5.74) is 6.02. The quantitative estimate of drug-likeness (QED) is 0.499. The third-order valence-electron chi connectivity index (χ3n) is 6.29. The molecule has 3 N–H and O–H groups in total. The molecule has 0 saturated carbocycles. The van der Waals surface area contributed by atoms with Crippen LogP contribution in [0.25, 0.3) is 5.76 Å². The highest BCUT2D eigenvalue weighted by molar-refractivity contribution is 6.23. The minimum Gasteiger partial charge on any atom is -0.462 e. The van der Waals surface area contributed by atoms with Gasteiger partial charge in [0.1, 0.15) is 28.9 Å². The summed E-state index contributed by atoms with van der Waals surface area (Å²) in [6.07, 6.45) is 0. The van der Waals surface area contributed by atoms with Gasteiger partial charge in [0.25, 0.3) is 0 Å². The van der Waals surface area contributed by atoms with E-state index in [1.807, 2.05) is 18.2 Å². The number of nitrogens with two attached hydrogens (primary N) is 1. The first kappa shape index (κ1) is 23.9. The number of carbonyl (C=O) groups is 3. The molecule has 0 radical (unpaired) electrons. The van der Waals surface area contributed by atoms with E-state index in [0.29, 0.717) is 16.8 Å². The Bertz CT molecular complexity index is 1450. The Morgan fingerprint density at radius 3 is 2.19 bits per heavy atom. The summed E-state index contributed by atoms with van der Waals surface area (Å²) in [5.74, 6) is -2.64. The van der Waals surface area contributed by atoms with Gasteiger partial charge in [-0.15, -0.1) is 0 Å². The summed E-state index contributed by atoms with van der Waals surface area (Å²) in [7, 11) is 0. The van der Waals surface area contributed by atoms with Gasteiger partial charge in [0, 0.05) is 16.8 Å². The highest BCUT2D eigenvalue weighted by atomic mass is 16.5. The molecule has 2 aliphatic heterocycles. The van der Waals surface area contributed by atoms with Gasteiger partial charge in [-0.05, 0) is 18.6 Å². The van der Waals surface area contributed by atoms with Crippen molar-refractivity contribution in [3.63, 3.8) is 0 Å². The summed E-state index contributed by atoms with van der Waals surface area (Å²) in [6.45, 7) is 1.62. The van der Waals surface area contributed by atoms with Crippen molar-refractivity contribution in [1.29, 1.82) is 0 Å². The molecule has 0 aromatic heterocycles. The molecule has 1 spiro atoms. The Kier molecular flexibility index (Phi) is 6.23. The summed E-state index contributed by atoms with van der Waals surface area (Å²) in [6, 6.07) is 24.6. The second-order valence-electron chi connectivity index (χ2n) is 8.44. The number of benzene rings is 3. The lowest BCUT2D eigenvalue weighted by Gasteiger charge is -2.36. The number of carbonyl (C=O) groups excluding carboxylic acids is 3. The lowest BCUT2D eigenvalue weighted by Crippen LogP contribution is -2.48. The summed E-state index contributed by atoms with van der Waals surface area (Å²) < 4.78 is 17.0. The van der Waals surface area contributed by atoms with E-state index in [0.717, 1.165) is 5.56 Å². The van der Waals surface area contributed by atoms with Crippen molar-refractivity contribution in [2.45, 2.75) is 18.9 Å². The average Bonchev–Trinajstić information content (AvgIpc) is 3.20. The maximum atomic E-state index is 13.9. The van der Waals surface area contributed by atoms with E-state index in [4.69, 9.17) is 19.9 Å². The molecule has 0 fully saturated rings. The number of hydrogen-bond donors (Lipinski definition) is 2. The number of amides is 1. The lowest BCUT2D eigenvalue weighted by molar-refractivity contribution is -0.143. The molecule has 186 valence electrons. The standard InChI is InChI=1S/C29H24N2O6/c1-2-35-26(32)22-24(19-13-7-4-8-14-19)37-25(30)23(27(33)36-17-18-11-5-3-6-12-18)29(22)20-15-9-10-16-21(20)31-28(29)34/h3-16H,2,17,30H2,1H3,(H,31,34)/t29-/m1/s1. The van der Waals surface area contributed by atoms with E-state index in [1.54, 1.807) is 73.7 Å². The molecule has 0 unspecified atom stereocenters. The van der Waals surface area contributed by atoms with Crippen molar-refractivity contribution in [1.82, 2.24) is 0 Å². The van der Waals surface area contributed by atoms with Crippen LogP contribution in [0.5, 0.6) is 0 Å². The zero-order valence-corrected chi connectivity index (χ0v) is 20.0. The maximum Gasteiger partial charge on any atom is 0.341 e. The fourth-order valence-corrected chi connectivity index (χ4v) is 4.74. The monoisotopic (exact) mass is 496 g/mol. The van der Waals surface area contributed by atoms with Crippen molar-refractivity contribution >= 4 is 29.3 Å². The molecule has 3 aromatic carbocycles. The van der Waals surface area contributed by atoms with Crippen LogP contribution in [0.1, 0.15) is 23.6 Å². The normalized spacial score (nSPS) is 18.2. The predicted molar refractivity (Wildman–Crippen MR) is 135 cm³/mol. The Morgan fingerprint density at radius 1 is 0.865 bits per heavy atom. The van der Waals surface area contributed by atoms with E-state index in [-0.39, 0.29) is 36.0 Å². The van der Waals surface area contributed by atoms with Crippen LogP contribution in [0.2, 0.25) is 0 Å². The van der Waals surface area contributed by atoms with Crippen LogP contribution >= 0.6 is 0 Å². The van der Waals surface area contributed by atoms with Crippen molar-refractivity contribution in [3.8, 4) is 0 Å². The van der Waals surface area contributed by atoms with Gasteiger partial charge in [-0.1, -0.05) is 78.9 Å². The summed E-state index contributed by atoms with van der Waals surface area (Å²) in [5, 5.41) is 2.80. The van der Waals surface area contributed by atoms with Crippen LogP contribution in [-0.2, 0) is 40.6 Å². The van der Waals surface area contributed by atoms with Gasteiger partial charge < -0.3 is 25.3 Å². The molecular weight excluding hydrogens is 472 g/mol. The minimum absolute atomic E-state index is 0.0306. The number of anilines is 1. The molecule has 2 aliphatic rings. The lowest BCUT2D eigenvalue weighted by atomic mass is 9.67. The number of rotatable bonds is 6. The first-order chi connectivity index (χ1) is 18.0. The number of hydrogen-bond acceptors (Lipinski definition) is 7. The maximum absolute atomic E-state index is 13.9. The van der Waals surface area contributed by atoms with Gasteiger partial charge in [-0.25, -0.2) is 9.59 Å². The molecule has 3 aromatic rings. The Morgan fingerprint density at radius 2 is 1.49 bits per heavy atom. The third-order valence-corrected chi connectivity index (χ3v) is 6.29. The van der Waals surface area contributed by atoms with E-state index in [9.17, 15) is 14.4 Å². The average molecular weight is 497 g/mol. The van der Waals surface area contributed by atoms with Crippen LogP contribution in [0.4, 0.5) is 5.69 Å². The van der Waals surface area contributed by atoms with Gasteiger partial charge in [-0.2, -0.15) is 0 Å². The molecule has 1 amide bonds. The second kappa shape index (κ2) is 9.66. The molecule has 0 aliphatic carbocycles. The number of esters is 2. The third kappa shape index (κ3) is 3.92. The van der Waals surface area contributed by atoms with Crippen molar-refractivity contribution in [2.75, 3.05) is 11.9 Å². The molecule has 8 nitrogen and oxygen atoms in total. The smallest absolute Gasteiger partial charge is 0.341 e. The molecule has 37 heavy (non-hydrogen) atoms. The predicted octanol–water partition coefficient (Wildman–Crippen LogP) is 3.79. The number of ether oxygens (including phenoxy) is 3. The molecule has 1 atom stereocenters. The van der Waals surface area contributed by atoms with E-state index >= 15 is 0 Å². The van der Waals surface area contributed by atoms with Crippen molar-refractivity contribution in [2.24, 2.45) is 5.73 Å². The Balaban J connectivity index is 1.74. The highest BCUT2D eigenvalue weighted by Gasteiger charge is 2.62. The van der Waals surface area contributed by atoms with E-state index in [2.05, 4.69) is 5.32 Å². The fraction of sp³-hybridized carbons (Fsp3) is 0.138. The van der Waals surface area contributed by atoms with Gasteiger partial charge in [0.15, 0.2) is 0 Å². The highest BCUT2D eigenvalue weighted by Crippen LogP contribution is 2.54. The molecule has 5 rings (SSSR count). The topological polar surface area (TPSA) is 117 Å². The second-order valence-corrected chi connectivity index (χ2v) is 8.44. The number of para-hydroxylation sites is 1. The number of fused-ring (bicyclic) bond motifs is 2. The van der Waals surface area contributed by atoms with Gasteiger partial charge in [0.2, 0.25) is 11.8 Å². The molecular formula is C29H24N2O6. The largest absolute Gasteiger partial charge is 0.462 e. The minimum atomic E-state index is -1.95. The van der Waals surface area contributed by atoms with Crippen molar-refractivity contribution in [3.05, 3.63) is 119 Å². The Labute approximate surface area is 213 Å². The molecule has 0 bridgehead atoms. The molecule has 2 heterocycles. The van der Waals surface area contributed by atoms with Crippen LogP contribution in [0, 0.1) is 0 Å². The zero-order chi connectivity index (χ0) is 26.0. The van der Waals surface area contributed by atoms with Crippen LogP contribution in [0.3, 0.4) is 0 Å². The first-order valence-corrected chi connectivity index (χ1v) is 11.8. The summed E-state index contributed by atoms with van der Waals surface area (Å²) >= 11 is 0. The van der Waals surface area contributed by atoms with Crippen LogP contribution in [0.15, 0.2) is 102 Å². The zero-order valence-electron chi connectivity index (χ0n) is 20.0. The fourth-order valence-electron chi connectivity index (χ4n) is 4.74. The van der Waals surface area contributed by atoms with E-state index < -0.39 is 23.3 Å².